The molecule has 1 aromatic heterocycles. The van der Waals surface area contributed by atoms with Crippen LogP contribution in [0.1, 0.15) is 11.1 Å². The Morgan fingerprint density at radius 2 is 1.91 bits per heavy atom. The lowest BCUT2D eigenvalue weighted by molar-refractivity contribution is -0.122. The van der Waals surface area contributed by atoms with E-state index in [0.29, 0.717) is 5.56 Å². The van der Waals surface area contributed by atoms with Crippen molar-refractivity contribution in [1.29, 1.82) is 0 Å². The standard InChI is InChI=1S/C21H16F3N3O2.CH2O2/c22-18-10-16(29-19(23)24)6-7-17(18)21(12-28-20(25)27-21)15-5-1-3-13(9-15)14-4-2-8-26-11-14;2-1-3/h1-11,19H,12H2,(H2,25,27);1H,(H,2,3). The molecule has 4 rings (SSSR count). The predicted molar refractivity (Wildman–Crippen MR) is 110 cm³/mol. The molecule has 3 aromatic rings. The molecule has 0 spiro atoms. The topological polar surface area (TPSA) is 107 Å². The van der Waals surface area contributed by atoms with E-state index in [9.17, 15) is 13.2 Å². The number of halogens is 3. The summed E-state index contributed by atoms with van der Waals surface area (Å²) in [6.07, 6.45) is 3.38. The Bertz CT molecular complexity index is 1110. The van der Waals surface area contributed by atoms with Crippen LogP contribution in [0.25, 0.3) is 11.1 Å². The van der Waals surface area contributed by atoms with Gasteiger partial charge in [0.1, 0.15) is 18.2 Å². The number of hydrogen-bond acceptors (Lipinski definition) is 6. The van der Waals surface area contributed by atoms with Crippen molar-refractivity contribution in [3.63, 3.8) is 0 Å². The van der Waals surface area contributed by atoms with Crippen LogP contribution in [0.3, 0.4) is 0 Å². The second kappa shape index (κ2) is 9.82. The fourth-order valence-electron chi connectivity index (χ4n) is 3.37. The number of nitrogens with two attached hydrogens (primary N) is 1. The molecular formula is C22H18F3N3O4. The van der Waals surface area contributed by atoms with Gasteiger partial charge < -0.3 is 20.3 Å². The lowest BCUT2D eigenvalue weighted by Crippen LogP contribution is -2.28. The zero-order valence-electron chi connectivity index (χ0n) is 16.5. The first-order valence-electron chi connectivity index (χ1n) is 9.21. The van der Waals surface area contributed by atoms with E-state index in [0.717, 1.165) is 17.2 Å². The number of aliphatic imine (C=N–C) groups is 1. The summed E-state index contributed by atoms with van der Waals surface area (Å²) in [5, 5.41) is 6.89. The molecule has 166 valence electrons. The van der Waals surface area contributed by atoms with Crippen molar-refractivity contribution in [1.82, 2.24) is 4.98 Å². The third-order valence-electron chi connectivity index (χ3n) is 4.68. The van der Waals surface area contributed by atoms with Crippen molar-refractivity contribution in [2.45, 2.75) is 12.2 Å². The van der Waals surface area contributed by atoms with Crippen LogP contribution in [0.4, 0.5) is 13.2 Å². The van der Waals surface area contributed by atoms with Gasteiger partial charge in [-0.3, -0.25) is 9.78 Å². The fourth-order valence-corrected chi connectivity index (χ4v) is 3.37. The molecule has 3 N–H and O–H groups in total. The van der Waals surface area contributed by atoms with Gasteiger partial charge in [-0.2, -0.15) is 8.78 Å². The molecule has 32 heavy (non-hydrogen) atoms. The molecule has 1 unspecified atom stereocenters. The molecule has 2 heterocycles. The van der Waals surface area contributed by atoms with Gasteiger partial charge in [0.05, 0.1) is 0 Å². The number of carbonyl (C=O) groups is 1. The maximum atomic E-state index is 14.9. The first-order valence-corrected chi connectivity index (χ1v) is 9.21. The largest absolute Gasteiger partial charge is 0.483 e. The summed E-state index contributed by atoms with van der Waals surface area (Å²) in [7, 11) is 0. The van der Waals surface area contributed by atoms with Crippen molar-refractivity contribution in [2.75, 3.05) is 6.61 Å². The summed E-state index contributed by atoms with van der Waals surface area (Å²) in [6.45, 7) is -3.32. The third-order valence-corrected chi connectivity index (χ3v) is 4.68. The van der Waals surface area contributed by atoms with E-state index >= 15 is 0 Å². The van der Waals surface area contributed by atoms with Crippen LogP contribution < -0.4 is 10.5 Å². The normalized spacial score (nSPS) is 17.1. The van der Waals surface area contributed by atoms with E-state index in [-0.39, 0.29) is 30.4 Å². The molecule has 10 heteroatoms. The summed E-state index contributed by atoms with van der Waals surface area (Å²) < 4.78 is 49.5. The lowest BCUT2D eigenvalue weighted by atomic mass is 9.83. The molecule has 0 amide bonds. The summed E-state index contributed by atoms with van der Waals surface area (Å²) in [4.78, 5) is 16.9. The minimum absolute atomic E-state index is 0.0265. The molecule has 0 radical (unpaired) electrons. The van der Waals surface area contributed by atoms with E-state index in [1.54, 1.807) is 18.5 Å². The molecule has 7 nitrogen and oxygen atoms in total. The van der Waals surface area contributed by atoms with E-state index < -0.39 is 18.0 Å². The SMILES string of the molecule is NC1=NC(c2cccc(-c3cccnc3)c2)(c2ccc(OC(F)F)cc2F)CO1.O=CO. The molecule has 1 aliphatic heterocycles. The van der Waals surface area contributed by atoms with Gasteiger partial charge in [0.2, 0.25) is 0 Å². The number of aromatic nitrogens is 1. The van der Waals surface area contributed by atoms with Crippen LogP contribution in [0, 0.1) is 5.82 Å². The molecule has 1 aliphatic rings. The quantitative estimate of drug-likeness (QED) is 0.579. The highest BCUT2D eigenvalue weighted by Crippen LogP contribution is 2.40. The Balaban J connectivity index is 0.000000913. The highest BCUT2D eigenvalue weighted by molar-refractivity contribution is 5.76. The average molecular weight is 445 g/mol. The van der Waals surface area contributed by atoms with Gasteiger partial charge in [-0.1, -0.05) is 24.3 Å². The molecule has 0 saturated heterocycles. The summed E-state index contributed by atoms with van der Waals surface area (Å²) >= 11 is 0. The van der Waals surface area contributed by atoms with E-state index in [2.05, 4.69) is 14.7 Å². The minimum Gasteiger partial charge on any atom is -0.483 e. The van der Waals surface area contributed by atoms with Gasteiger partial charge in [-0.05, 0) is 41.0 Å². The summed E-state index contributed by atoms with van der Waals surface area (Å²) in [5.74, 6) is -1.03. The number of rotatable bonds is 5. The van der Waals surface area contributed by atoms with Gasteiger partial charge in [-0.15, -0.1) is 0 Å². The number of ether oxygens (including phenoxy) is 2. The Hall–Kier alpha value is -4.08. The molecule has 2 aromatic carbocycles. The Kier molecular flexibility index (Phi) is 6.93. The maximum absolute atomic E-state index is 14.9. The van der Waals surface area contributed by atoms with Crippen molar-refractivity contribution in [2.24, 2.45) is 10.7 Å². The number of alkyl halides is 2. The van der Waals surface area contributed by atoms with Gasteiger partial charge in [-0.25, -0.2) is 9.38 Å². The zero-order chi connectivity index (χ0) is 23.1. The lowest BCUT2D eigenvalue weighted by Gasteiger charge is -2.26. The Morgan fingerprint density at radius 1 is 1.16 bits per heavy atom. The van der Waals surface area contributed by atoms with E-state index in [4.69, 9.17) is 20.4 Å². The third kappa shape index (κ3) is 4.80. The van der Waals surface area contributed by atoms with Gasteiger partial charge in [0.15, 0.2) is 5.54 Å². The van der Waals surface area contributed by atoms with E-state index in [1.165, 1.54) is 12.1 Å². The first-order chi connectivity index (χ1) is 15.4. The summed E-state index contributed by atoms with van der Waals surface area (Å²) in [6, 6.07) is 14.5. The van der Waals surface area contributed by atoms with Crippen LogP contribution in [-0.2, 0) is 15.1 Å². The molecule has 0 saturated carbocycles. The maximum Gasteiger partial charge on any atom is 0.387 e. The van der Waals surface area contributed by atoms with Crippen LogP contribution >= 0.6 is 0 Å². The molecule has 1 atom stereocenters. The zero-order valence-corrected chi connectivity index (χ0v) is 16.5. The highest BCUT2D eigenvalue weighted by Gasteiger charge is 2.42. The van der Waals surface area contributed by atoms with E-state index in [1.807, 2.05) is 30.3 Å². The van der Waals surface area contributed by atoms with Crippen molar-refractivity contribution in [3.8, 4) is 16.9 Å². The number of carboxylic acid groups (broad SMARTS) is 1. The molecule has 0 bridgehead atoms. The van der Waals surface area contributed by atoms with Crippen LogP contribution in [0.15, 0.2) is 72.0 Å². The van der Waals surface area contributed by atoms with Gasteiger partial charge >= 0.3 is 6.61 Å². The first kappa shape index (κ1) is 22.6. The van der Waals surface area contributed by atoms with Crippen LogP contribution in [0.5, 0.6) is 5.75 Å². The monoisotopic (exact) mass is 445 g/mol. The smallest absolute Gasteiger partial charge is 0.387 e. The highest BCUT2D eigenvalue weighted by atomic mass is 19.3. The molecule has 0 fully saturated rings. The number of hydrogen-bond donors (Lipinski definition) is 2. The Labute approximate surface area is 181 Å². The van der Waals surface area contributed by atoms with Crippen LogP contribution in [-0.4, -0.2) is 35.8 Å². The van der Waals surface area contributed by atoms with Gasteiger partial charge in [0.25, 0.3) is 12.5 Å². The minimum atomic E-state index is -3.05. The van der Waals surface area contributed by atoms with Crippen molar-refractivity contribution < 1.29 is 32.5 Å². The number of benzene rings is 2. The van der Waals surface area contributed by atoms with Crippen LogP contribution in [0.2, 0.25) is 0 Å². The average Bonchev–Trinajstić information content (AvgIpc) is 3.17. The number of nitrogens with zero attached hydrogens (tertiary/aromatic N) is 2. The molecular weight excluding hydrogens is 427 g/mol. The van der Waals surface area contributed by atoms with Gasteiger partial charge in [0, 0.05) is 24.0 Å². The molecule has 0 aliphatic carbocycles. The summed E-state index contributed by atoms with van der Waals surface area (Å²) in [5.41, 5.74) is 7.01. The number of amidine groups is 1. The predicted octanol–water partition coefficient (Wildman–Crippen LogP) is 3.78. The fraction of sp³-hybridized carbons (Fsp3) is 0.136. The Morgan fingerprint density at radius 3 is 2.50 bits per heavy atom. The second-order valence-electron chi connectivity index (χ2n) is 6.55. The number of pyridine rings is 1. The second-order valence-corrected chi connectivity index (χ2v) is 6.55. The van der Waals surface area contributed by atoms with Crippen molar-refractivity contribution >= 4 is 12.5 Å². The van der Waals surface area contributed by atoms with Crippen molar-refractivity contribution in [3.05, 3.63) is 83.9 Å².